The Morgan fingerprint density at radius 3 is 2.55 bits per heavy atom. The van der Waals surface area contributed by atoms with Gasteiger partial charge in [0.25, 0.3) is 5.91 Å². The van der Waals surface area contributed by atoms with Crippen molar-refractivity contribution in [3.8, 4) is 0 Å². The van der Waals surface area contributed by atoms with Crippen molar-refractivity contribution in [2.75, 3.05) is 26.0 Å². The second-order valence-electron chi connectivity index (χ2n) is 9.98. The summed E-state index contributed by atoms with van der Waals surface area (Å²) >= 11 is 0. The van der Waals surface area contributed by atoms with Gasteiger partial charge in [0.1, 0.15) is 5.82 Å². The lowest BCUT2D eigenvalue weighted by Crippen LogP contribution is -2.58. The number of halogens is 2. The Morgan fingerprint density at radius 2 is 1.94 bits per heavy atom. The monoisotopic (exact) mass is 484 g/mol. The predicted octanol–water partition coefficient (Wildman–Crippen LogP) is 3.53. The van der Waals surface area contributed by atoms with Gasteiger partial charge in [-0.3, -0.25) is 4.79 Å². The second kappa shape index (κ2) is 9.96. The van der Waals surface area contributed by atoms with E-state index in [2.05, 4.69) is 4.72 Å². The third kappa shape index (κ3) is 6.11. The van der Waals surface area contributed by atoms with Gasteiger partial charge in [-0.05, 0) is 75.0 Å². The average molecular weight is 485 g/mol. The van der Waals surface area contributed by atoms with Crippen LogP contribution in [0.25, 0.3) is 0 Å². The number of amides is 1. The van der Waals surface area contributed by atoms with E-state index in [9.17, 15) is 22.0 Å². The number of carbonyl (C=O) groups excluding carboxylic acids is 1. The van der Waals surface area contributed by atoms with Crippen molar-refractivity contribution < 1.29 is 26.7 Å². The van der Waals surface area contributed by atoms with Crippen LogP contribution in [0.1, 0.15) is 62.8 Å². The lowest BCUT2D eigenvalue weighted by atomic mass is 9.80. The van der Waals surface area contributed by atoms with Gasteiger partial charge in [-0.2, -0.15) is 0 Å². The summed E-state index contributed by atoms with van der Waals surface area (Å²) in [5.41, 5.74) is -0.735. The highest BCUT2D eigenvalue weighted by Gasteiger charge is 2.48. The summed E-state index contributed by atoms with van der Waals surface area (Å²) in [5, 5.41) is 0. The van der Waals surface area contributed by atoms with Crippen LogP contribution in [0, 0.1) is 11.7 Å². The summed E-state index contributed by atoms with van der Waals surface area (Å²) in [7, 11) is -3.41. The number of likely N-dealkylation sites (tertiary alicyclic amines) is 1. The minimum Gasteiger partial charge on any atom is -0.378 e. The van der Waals surface area contributed by atoms with Crippen molar-refractivity contribution in [1.82, 2.24) is 9.62 Å². The van der Waals surface area contributed by atoms with Crippen LogP contribution in [0.4, 0.5) is 8.78 Å². The Balaban J connectivity index is 1.33. The molecule has 2 unspecified atom stereocenters. The topological polar surface area (TPSA) is 75.7 Å². The van der Waals surface area contributed by atoms with E-state index in [0.29, 0.717) is 25.5 Å². The molecule has 1 N–H and O–H groups in total. The molecule has 3 fully saturated rings. The van der Waals surface area contributed by atoms with Crippen molar-refractivity contribution in [2.45, 2.75) is 75.1 Å². The number of alkyl halides is 1. The Morgan fingerprint density at radius 1 is 1.21 bits per heavy atom. The zero-order valence-electron chi connectivity index (χ0n) is 19.1. The maximum absolute atomic E-state index is 14.7. The molecule has 1 saturated heterocycles. The molecular formula is C24H34F2N2O4S. The number of nitrogens with one attached hydrogen (secondary N) is 1. The number of sulfonamides is 1. The highest BCUT2D eigenvalue weighted by molar-refractivity contribution is 7.88. The normalized spacial score (nSPS) is 30.0. The maximum Gasteiger partial charge on any atom is 0.260 e. The van der Waals surface area contributed by atoms with Crippen LogP contribution in [0.15, 0.2) is 24.3 Å². The van der Waals surface area contributed by atoms with Gasteiger partial charge in [-0.1, -0.05) is 12.1 Å². The molecule has 1 aliphatic heterocycles. The molecule has 1 heterocycles. The summed E-state index contributed by atoms with van der Waals surface area (Å²) in [6.07, 6.45) is 6.35. The van der Waals surface area contributed by atoms with Crippen molar-refractivity contribution >= 4 is 15.9 Å². The van der Waals surface area contributed by atoms with E-state index >= 15 is 0 Å². The Labute approximate surface area is 195 Å². The molecule has 0 spiro atoms. The summed E-state index contributed by atoms with van der Waals surface area (Å²) < 4.78 is 60.8. The van der Waals surface area contributed by atoms with Crippen LogP contribution in [0.5, 0.6) is 0 Å². The third-order valence-corrected chi connectivity index (χ3v) is 8.19. The highest BCUT2D eigenvalue weighted by Crippen LogP contribution is 2.39. The molecule has 3 aliphatic rings. The predicted molar refractivity (Wildman–Crippen MR) is 121 cm³/mol. The molecule has 4 rings (SSSR count). The smallest absolute Gasteiger partial charge is 0.260 e. The molecule has 0 aromatic heterocycles. The highest BCUT2D eigenvalue weighted by atomic mass is 32.2. The molecule has 6 nitrogen and oxygen atoms in total. The number of hydrogen-bond donors (Lipinski definition) is 1. The molecule has 184 valence electrons. The van der Waals surface area contributed by atoms with Crippen molar-refractivity contribution in [2.24, 2.45) is 5.92 Å². The third-order valence-electron chi connectivity index (χ3n) is 7.46. The number of hydrogen-bond acceptors (Lipinski definition) is 4. The lowest BCUT2D eigenvalue weighted by molar-refractivity contribution is -0.153. The zero-order chi connectivity index (χ0) is 23.6. The van der Waals surface area contributed by atoms with Crippen LogP contribution >= 0.6 is 0 Å². The average Bonchev–Trinajstić information content (AvgIpc) is 2.75. The summed E-state index contributed by atoms with van der Waals surface area (Å²) in [6, 6.07) is 6.41. The second-order valence-corrected chi connectivity index (χ2v) is 11.8. The quantitative estimate of drug-likeness (QED) is 0.643. The van der Waals surface area contributed by atoms with Crippen LogP contribution in [0.2, 0.25) is 0 Å². The van der Waals surface area contributed by atoms with Crippen molar-refractivity contribution in [1.29, 1.82) is 0 Å². The van der Waals surface area contributed by atoms with Crippen LogP contribution in [-0.4, -0.2) is 63.0 Å². The Hall–Kier alpha value is -1.58. The standard InChI is InChI=1S/C24H34F2N2O4S/c1-33(30,31)27-22-10-13-28(23(29)24(26)11-3-12-24)15-19(22)16-32-21-8-6-17(7-9-21)18-4-2-5-20(25)14-18/h2,4-5,14,17,19,21-22,27H,3,6-13,15-16H2,1H3. The first-order valence-electron chi connectivity index (χ1n) is 12.0. The molecule has 33 heavy (non-hydrogen) atoms. The van der Waals surface area contributed by atoms with Gasteiger partial charge in [-0.15, -0.1) is 0 Å². The number of rotatable bonds is 7. The fraction of sp³-hybridized carbons (Fsp3) is 0.708. The van der Waals surface area contributed by atoms with Gasteiger partial charge in [0.2, 0.25) is 10.0 Å². The van der Waals surface area contributed by atoms with Gasteiger partial charge in [0.05, 0.1) is 19.0 Å². The first-order valence-corrected chi connectivity index (χ1v) is 13.8. The largest absolute Gasteiger partial charge is 0.378 e. The van der Waals surface area contributed by atoms with Crippen molar-refractivity contribution in [3.63, 3.8) is 0 Å². The zero-order valence-corrected chi connectivity index (χ0v) is 20.0. The molecule has 1 aromatic carbocycles. The van der Waals surface area contributed by atoms with Gasteiger partial charge in [-0.25, -0.2) is 21.9 Å². The van der Waals surface area contributed by atoms with Gasteiger partial charge < -0.3 is 9.64 Å². The van der Waals surface area contributed by atoms with Crippen LogP contribution in [0.3, 0.4) is 0 Å². The number of nitrogens with zero attached hydrogens (tertiary/aromatic N) is 1. The van der Waals surface area contributed by atoms with Gasteiger partial charge >= 0.3 is 0 Å². The number of piperidine rings is 1. The Kier molecular flexibility index (Phi) is 7.41. The first-order chi connectivity index (χ1) is 15.6. The fourth-order valence-electron chi connectivity index (χ4n) is 5.38. The lowest BCUT2D eigenvalue weighted by Gasteiger charge is -2.43. The molecule has 9 heteroatoms. The van der Waals surface area contributed by atoms with Crippen molar-refractivity contribution in [3.05, 3.63) is 35.6 Å². The van der Waals surface area contributed by atoms with E-state index in [4.69, 9.17) is 4.74 Å². The molecule has 0 radical (unpaired) electrons. The first kappa shape index (κ1) is 24.5. The molecular weight excluding hydrogens is 450 g/mol. The number of benzene rings is 1. The van der Waals surface area contributed by atoms with E-state index in [0.717, 1.165) is 43.9 Å². The van der Waals surface area contributed by atoms with Gasteiger partial charge in [0, 0.05) is 25.0 Å². The minimum absolute atomic E-state index is 0.0407. The van der Waals surface area contributed by atoms with Crippen LogP contribution in [-0.2, 0) is 19.6 Å². The molecule has 1 aromatic rings. The molecule has 2 saturated carbocycles. The van der Waals surface area contributed by atoms with E-state index in [1.807, 2.05) is 6.07 Å². The number of carbonyl (C=O) groups is 1. The minimum atomic E-state index is -3.41. The summed E-state index contributed by atoms with van der Waals surface area (Å²) in [4.78, 5) is 14.2. The van der Waals surface area contributed by atoms with E-state index in [-0.39, 0.29) is 43.3 Å². The Bertz CT molecular complexity index is 946. The SMILES string of the molecule is CS(=O)(=O)NC1CCN(C(=O)C2(F)CCC2)CC1COC1CCC(c2cccc(F)c2)CC1. The molecule has 2 atom stereocenters. The van der Waals surface area contributed by atoms with E-state index in [1.54, 1.807) is 17.0 Å². The fourth-order valence-corrected chi connectivity index (χ4v) is 6.24. The molecule has 0 bridgehead atoms. The summed E-state index contributed by atoms with van der Waals surface area (Å²) in [6.45, 7) is 0.939. The van der Waals surface area contributed by atoms with E-state index in [1.165, 1.54) is 6.07 Å². The maximum atomic E-state index is 14.7. The summed E-state index contributed by atoms with van der Waals surface area (Å²) in [5.74, 6) is -0.607. The van der Waals surface area contributed by atoms with Crippen LogP contribution < -0.4 is 4.72 Å². The van der Waals surface area contributed by atoms with Gasteiger partial charge in [0.15, 0.2) is 5.67 Å². The molecule has 1 amide bonds. The number of ether oxygens (including phenoxy) is 1. The van der Waals surface area contributed by atoms with E-state index < -0.39 is 21.6 Å². The molecule has 2 aliphatic carbocycles.